The molecule has 2 unspecified atom stereocenters. The summed E-state index contributed by atoms with van der Waals surface area (Å²) < 4.78 is 27.2. The quantitative estimate of drug-likeness (QED) is 0.676. The van der Waals surface area contributed by atoms with Gasteiger partial charge >= 0.3 is 0 Å². The van der Waals surface area contributed by atoms with Gasteiger partial charge < -0.3 is 5.32 Å². The van der Waals surface area contributed by atoms with Gasteiger partial charge in [-0.1, -0.05) is 26.7 Å². The first kappa shape index (κ1) is 15.9. The monoisotopic (exact) mass is 276 g/mol. The highest BCUT2D eigenvalue weighted by molar-refractivity contribution is 7.90. The SMILES string of the molecule is CCC(CC)C(C)NS(=O)(=O)C(C)CNC1CC1. The lowest BCUT2D eigenvalue weighted by molar-refractivity contribution is 0.389. The van der Waals surface area contributed by atoms with Crippen molar-refractivity contribution < 1.29 is 8.42 Å². The Morgan fingerprint density at radius 2 is 1.72 bits per heavy atom. The zero-order chi connectivity index (χ0) is 13.8. The van der Waals surface area contributed by atoms with Gasteiger partial charge in [0.2, 0.25) is 10.0 Å². The Morgan fingerprint density at radius 1 is 1.17 bits per heavy atom. The first-order chi connectivity index (χ1) is 8.40. The maximum absolute atomic E-state index is 12.2. The van der Waals surface area contributed by atoms with Gasteiger partial charge in [-0.15, -0.1) is 0 Å². The van der Waals surface area contributed by atoms with E-state index in [9.17, 15) is 8.42 Å². The van der Waals surface area contributed by atoms with Gasteiger partial charge in [-0.05, 0) is 32.6 Å². The van der Waals surface area contributed by atoms with E-state index in [2.05, 4.69) is 23.9 Å². The van der Waals surface area contributed by atoms with E-state index in [4.69, 9.17) is 0 Å². The van der Waals surface area contributed by atoms with Gasteiger partial charge in [0.1, 0.15) is 0 Å². The number of sulfonamides is 1. The Morgan fingerprint density at radius 3 is 2.17 bits per heavy atom. The van der Waals surface area contributed by atoms with Crippen LogP contribution in [0.3, 0.4) is 0 Å². The van der Waals surface area contributed by atoms with Crippen molar-refractivity contribution in [3.63, 3.8) is 0 Å². The number of hydrogen-bond acceptors (Lipinski definition) is 3. The Labute approximate surface area is 112 Å². The van der Waals surface area contributed by atoms with Crippen LogP contribution in [0.2, 0.25) is 0 Å². The van der Waals surface area contributed by atoms with E-state index in [1.54, 1.807) is 6.92 Å². The molecular formula is C13H28N2O2S. The lowest BCUT2D eigenvalue weighted by atomic mass is 9.96. The molecule has 1 saturated carbocycles. The van der Waals surface area contributed by atoms with E-state index in [-0.39, 0.29) is 11.3 Å². The maximum atomic E-state index is 12.2. The van der Waals surface area contributed by atoms with Crippen molar-refractivity contribution in [2.75, 3.05) is 6.54 Å². The standard InChI is InChI=1S/C13H28N2O2S/c1-5-12(6-2)11(4)15-18(16,17)10(3)9-14-13-7-8-13/h10-15H,5-9H2,1-4H3. The molecule has 0 heterocycles. The van der Waals surface area contributed by atoms with Crippen molar-refractivity contribution in [3.8, 4) is 0 Å². The van der Waals surface area contributed by atoms with Crippen LogP contribution in [0.4, 0.5) is 0 Å². The van der Waals surface area contributed by atoms with E-state index in [1.165, 1.54) is 12.8 Å². The molecule has 1 rings (SSSR count). The van der Waals surface area contributed by atoms with Gasteiger partial charge in [-0.25, -0.2) is 13.1 Å². The van der Waals surface area contributed by atoms with Crippen molar-refractivity contribution in [2.24, 2.45) is 5.92 Å². The summed E-state index contributed by atoms with van der Waals surface area (Å²) in [6.07, 6.45) is 4.39. The highest BCUT2D eigenvalue weighted by Gasteiger charge is 2.28. The number of hydrogen-bond donors (Lipinski definition) is 2. The summed E-state index contributed by atoms with van der Waals surface area (Å²) in [5.74, 6) is 0.420. The molecular weight excluding hydrogens is 248 g/mol. The lowest BCUT2D eigenvalue weighted by Crippen LogP contribution is -2.45. The predicted molar refractivity (Wildman–Crippen MR) is 76.1 cm³/mol. The minimum atomic E-state index is -3.21. The van der Waals surface area contributed by atoms with Crippen LogP contribution < -0.4 is 10.0 Å². The zero-order valence-electron chi connectivity index (χ0n) is 12.1. The second-order valence-electron chi connectivity index (χ2n) is 5.52. The molecule has 2 atom stereocenters. The van der Waals surface area contributed by atoms with Crippen molar-refractivity contribution in [2.45, 2.75) is 70.7 Å². The zero-order valence-corrected chi connectivity index (χ0v) is 12.9. The van der Waals surface area contributed by atoms with Crippen molar-refractivity contribution in [1.29, 1.82) is 0 Å². The van der Waals surface area contributed by atoms with Gasteiger partial charge in [0.15, 0.2) is 0 Å². The molecule has 0 radical (unpaired) electrons. The van der Waals surface area contributed by atoms with Gasteiger partial charge in [-0.2, -0.15) is 0 Å². The van der Waals surface area contributed by atoms with E-state index in [0.29, 0.717) is 18.5 Å². The summed E-state index contributed by atoms with van der Waals surface area (Å²) in [6.45, 7) is 8.51. The average Bonchev–Trinajstić information content (AvgIpc) is 3.10. The summed E-state index contributed by atoms with van der Waals surface area (Å²) in [5, 5.41) is 2.91. The van der Waals surface area contributed by atoms with Crippen LogP contribution in [0.15, 0.2) is 0 Å². The molecule has 0 aromatic carbocycles. The molecule has 2 N–H and O–H groups in total. The van der Waals surface area contributed by atoms with Crippen LogP contribution in [-0.2, 0) is 10.0 Å². The van der Waals surface area contributed by atoms with Crippen molar-refractivity contribution >= 4 is 10.0 Å². The van der Waals surface area contributed by atoms with Crippen LogP contribution >= 0.6 is 0 Å². The summed E-state index contributed by atoms with van der Waals surface area (Å²) >= 11 is 0. The van der Waals surface area contributed by atoms with Gasteiger partial charge in [-0.3, -0.25) is 0 Å². The first-order valence-corrected chi connectivity index (χ1v) is 8.69. The fraction of sp³-hybridized carbons (Fsp3) is 1.00. The first-order valence-electron chi connectivity index (χ1n) is 7.15. The summed E-state index contributed by atoms with van der Waals surface area (Å²) in [6, 6.07) is 0.576. The lowest BCUT2D eigenvalue weighted by Gasteiger charge is -2.24. The molecule has 4 nitrogen and oxygen atoms in total. The molecule has 108 valence electrons. The maximum Gasteiger partial charge on any atom is 0.215 e. The second kappa shape index (κ2) is 6.87. The van der Waals surface area contributed by atoms with Crippen LogP contribution in [0.5, 0.6) is 0 Å². The minimum Gasteiger partial charge on any atom is -0.313 e. The smallest absolute Gasteiger partial charge is 0.215 e. The molecule has 0 spiro atoms. The molecule has 0 saturated heterocycles. The number of nitrogens with one attached hydrogen (secondary N) is 2. The van der Waals surface area contributed by atoms with Crippen LogP contribution in [-0.4, -0.2) is 32.3 Å². The summed E-state index contributed by atoms with van der Waals surface area (Å²) in [5.41, 5.74) is 0. The fourth-order valence-corrected chi connectivity index (χ4v) is 3.46. The van der Waals surface area contributed by atoms with E-state index in [0.717, 1.165) is 12.8 Å². The average molecular weight is 276 g/mol. The Bertz CT molecular complexity index is 335. The third-order valence-corrected chi connectivity index (χ3v) is 5.83. The molecule has 1 aliphatic carbocycles. The Hall–Kier alpha value is -0.130. The van der Waals surface area contributed by atoms with Crippen LogP contribution in [0.25, 0.3) is 0 Å². The van der Waals surface area contributed by atoms with Gasteiger partial charge in [0.25, 0.3) is 0 Å². The van der Waals surface area contributed by atoms with Crippen LogP contribution in [0, 0.1) is 5.92 Å². The summed E-state index contributed by atoms with van der Waals surface area (Å²) in [7, 11) is -3.21. The molecule has 18 heavy (non-hydrogen) atoms. The van der Waals surface area contributed by atoms with Crippen molar-refractivity contribution in [1.82, 2.24) is 10.0 Å². The third kappa shape index (κ3) is 4.86. The largest absolute Gasteiger partial charge is 0.313 e. The molecule has 0 bridgehead atoms. The summed E-state index contributed by atoms with van der Waals surface area (Å²) in [4.78, 5) is 0. The molecule has 0 aromatic heterocycles. The Kier molecular flexibility index (Phi) is 6.08. The Balaban J connectivity index is 2.45. The van der Waals surface area contributed by atoms with Gasteiger partial charge in [0, 0.05) is 18.6 Å². The topological polar surface area (TPSA) is 58.2 Å². The van der Waals surface area contributed by atoms with E-state index in [1.807, 2.05) is 6.92 Å². The molecule has 0 amide bonds. The van der Waals surface area contributed by atoms with E-state index >= 15 is 0 Å². The fourth-order valence-electron chi connectivity index (χ4n) is 2.20. The number of rotatable bonds is 9. The predicted octanol–water partition coefficient (Wildman–Crippen LogP) is 1.87. The van der Waals surface area contributed by atoms with Gasteiger partial charge in [0.05, 0.1) is 5.25 Å². The molecule has 0 aliphatic heterocycles. The van der Waals surface area contributed by atoms with Crippen LogP contribution in [0.1, 0.15) is 53.4 Å². The molecule has 1 aliphatic rings. The van der Waals surface area contributed by atoms with E-state index < -0.39 is 10.0 Å². The van der Waals surface area contributed by atoms with Crippen molar-refractivity contribution in [3.05, 3.63) is 0 Å². The highest BCUT2D eigenvalue weighted by Crippen LogP contribution is 2.19. The normalized spacial score (nSPS) is 20.1. The molecule has 0 aromatic rings. The molecule has 5 heteroatoms. The second-order valence-corrected chi connectivity index (χ2v) is 7.65. The highest BCUT2D eigenvalue weighted by atomic mass is 32.2. The minimum absolute atomic E-state index is 0.0216. The molecule has 1 fully saturated rings. The third-order valence-electron chi connectivity index (χ3n) is 3.91.